The van der Waals surface area contributed by atoms with Crippen molar-refractivity contribution in [3.05, 3.63) is 53.6 Å². The highest BCUT2D eigenvalue weighted by molar-refractivity contribution is 7.89. The van der Waals surface area contributed by atoms with Crippen molar-refractivity contribution in [3.8, 4) is 11.5 Å². The minimum atomic E-state index is -3.66. The maximum absolute atomic E-state index is 12.5. The lowest BCUT2D eigenvalue weighted by molar-refractivity contribution is 0.322. The van der Waals surface area contributed by atoms with E-state index < -0.39 is 10.0 Å². The summed E-state index contributed by atoms with van der Waals surface area (Å²) in [6.45, 7) is 6.48. The average Bonchev–Trinajstić information content (AvgIpc) is 2.59. The SMILES string of the molecule is COc1ccc(C)cc1S(=O)(=O)NCCOc1cccc(C(C)C)c1. The monoisotopic (exact) mass is 363 g/mol. The maximum Gasteiger partial charge on any atom is 0.244 e. The molecule has 0 heterocycles. The van der Waals surface area contributed by atoms with Gasteiger partial charge in [-0.05, 0) is 48.2 Å². The van der Waals surface area contributed by atoms with Gasteiger partial charge in [0.25, 0.3) is 0 Å². The van der Waals surface area contributed by atoms with Gasteiger partial charge in [-0.15, -0.1) is 0 Å². The maximum atomic E-state index is 12.5. The highest BCUT2D eigenvalue weighted by Crippen LogP contribution is 2.24. The van der Waals surface area contributed by atoms with Gasteiger partial charge in [0.15, 0.2) is 0 Å². The van der Waals surface area contributed by atoms with Gasteiger partial charge in [-0.2, -0.15) is 0 Å². The van der Waals surface area contributed by atoms with Crippen molar-refractivity contribution in [1.82, 2.24) is 4.72 Å². The lowest BCUT2D eigenvalue weighted by Gasteiger charge is -2.13. The number of methoxy groups -OCH3 is 1. The molecule has 0 fully saturated rings. The molecule has 5 nitrogen and oxygen atoms in total. The van der Waals surface area contributed by atoms with Crippen LogP contribution in [0.4, 0.5) is 0 Å². The van der Waals surface area contributed by atoms with Crippen LogP contribution in [0.1, 0.15) is 30.9 Å². The van der Waals surface area contributed by atoms with E-state index in [1.165, 1.54) is 12.7 Å². The third kappa shape index (κ3) is 5.21. The van der Waals surface area contributed by atoms with E-state index in [1.807, 2.05) is 37.3 Å². The summed E-state index contributed by atoms with van der Waals surface area (Å²) in [4.78, 5) is 0.136. The van der Waals surface area contributed by atoms with Crippen LogP contribution < -0.4 is 14.2 Å². The first-order valence-electron chi connectivity index (χ1n) is 8.20. The predicted molar refractivity (Wildman–Crippen MR) is 98.9 cm³/mol. The normalized spacial score (nSPS) is 11.6. The second-order valence-electron chi connectivity index (χ2n) is 6.13. The van der Waals surface area contributed by atoms with Gasteiger partial charge in [0.1, 0.15) is 23.0 Å². The Bertz CT molecular complexity index is 816. The summed E-state index contributed by atoms with van der Waals surface area (Å²) >= 11 is 0. The topological polar surface area (TPSA) is 64.6 Å². The predicted octanol–water partition coefficient (Wildman–Crippen LogP) is 3.48. The van der Waals surface area contributed by atoms with Gasteiger partial charge in [-0.1, -0.05) is 32.0 Å². The molecule has 2 rings (SSSR count). The molecule has 0 aliphatic carbocycles. The van der Waals surface area contributed by atoms with Crippen molar-refractivity contribution in [2.45, 2.75) is 31.6 Å². The van der Waals surface area contributed by atoms with Gasteiger partial charge in [-0.25, -0.2) is 13.1 Å². The third-order valence-electron chi connectivity index (χ3n) is 3.80. The van der Waals surface area contributed by atoms with Crippen molar-refractivity contribution in [2.24, 2.45) is 0 Å². The van der Waals surface area contributed by atoms with Crippen LogP contribution in [-0.2, 0) is 10.0 Å². The first kappa shape index (κ1) is 19.3. The minimum absolute atomic E-state index is 0.136. The van der Waals surface area contributed by atoms with E-state index in [-0.39, 0.29) is 18.0 Å². The molecule has 0 radical (unpaired) electrons. The molecule has 1 N–H and O–H groups in total. The zero-order valence-electron chi connectivity index (χ0n) is 15.1. The number of aryl methyl sites for hydroxylation is 1. The van der Waals surface area contributed by atoms with Crippen LogP contribution in [0.25, 0.3) is 0 Å². The molecule has 0 saturated heterocycles. The minimum Gasteiger partial charge on any atom is -0.495 e. The third-order valence-corrected chi connectivity index (χ3v) is 5.28. The summed E-state index contributed by atoms with van der Waals surface area (Å²) in [5, 5.41) is 0. The van der Waals surface area contributed by atoms with Crippen molar-refractivity contribution in [2.75, 3.05) is 20.3 Å². The second-order valence-corrected chi connectivity index (χ2v) is 7.86. The fourth-order valence-corrected chi connectivity index (χ4v) is 3.64. The van der Waals surface area contributed by atoms with Crippen LogP contribution in [0.3, 0.4) is 0 Å². The highest BCUT2D eigenvalue weighted by atomic mass is 32.2. The molecule has 2 aromatic carbocycles. The number of hydrogen-bond donors (Lipinski definition) is 1. The van der Waals surface area contributed by atoms with Crippen LogP contribution >= 0.6 is 0 Å². The zero-order valence-corrected chi connectivity index (χ0v) is 15.9. The molecule has 0 atom stereocenters. The molecule has 2 aromatic rings. The number of benzene rings is 2. The molecule has 0 spiro atoms. The lowest BCUT2D eigenvalue weighted by atomic mass is 10.0. The van der Waals surface area contributed by atoms with Gasteiger partial charge in [0.2, 0.25) is 10.0 Å². The van der Waals surface area contributed by atoms with Crippen LogP contribution in [-0.4, -0.2) is 28.7 Å². The van der Waals surface area contributed by atoms with Crippen LogP contribution in [0.15, 0.2) is 47.4 Å². The zero-order chi connectivity index (χ0) is 18.4. The summed E-state index contributed by atoms with van der Waals surface area (Å²) in [5.41, 5.74) is 2.03. The van der Waals surface area contributed by atoms with Crippen molar-refractivity contribution >= 4 is 10.0 Å². The van der Waals surface area contributed by atoms with Crippen molar-refractivity contribution in [3.63, 3.8) is 0 Å². The van der Waals surface area contributed by atoms with E-state index in [0.29, 0.717) is 11.7 Å². The first-order valence-corrected chi connectivity index (χ1v) is 9.69. The highest BCUT2D eigenvalue weighted by Gasteiger charge is 2.19. The first-order chi connectivity index (χ1) is 11.8. The Morgan fingerprint density at radius 2 is 1.88 bits per heavy atom. The molecule has 25 heavy (non-hydrogen) atoms. The largest absolute Gasteiger partial charge is 0.495 e. The summed E-state index contributed by atoms with van der Waals surface area (Å²) in [7, 11) is -2.20. The number of sulfonamides is 1. The van der Waals surface area contributed by atoms with E-state index in [2.05, 4.69) is 18.6 Å². The number of rotatable bonds is 8. The molecule has 0 unspecified atom stereocenters. The molecular formula is C19H25NO4S. The standard InChI is InChI=1S/C19H25NO4S/c1-14(2)16-6-5-7-17(13-16)24-11-10-20-25(21,22)19-12-15(3)8-9-18(19)23-4/h5-9,12-14,20H,10-11H2,1-4H3. The van der Waals surface area contributed by atoms with E-state index in [0.717, 1.165) is 11.3 Å². The van der Waals surface area contributed by atoms with Gasteiger partial charge in [0.05, 0.1) is 7.11 Å². The van der Waals surface area contributed by atoms with Gasteiger partial charge < -0.3 is 9.47 Å². The van der Waals surface area contributed by atoms with Crippen LogP contribution in [0.5, 0.6) is 11.5 Å². The lowest BCUT2D eigenvalue weighted by Crippen LogP contribution is -2.28. The Labute approximate surface area is 150 Å². The number of hydrogen-bond acceptors (Lipinski definition) is 4. The van der Waals surface area contributed by atoms with Crippen LogP contribution in [0.2, 0.25) is 0 Å². The smallest absolute Gasteiger partial charge is 0.244 e. The van der Waals surface area contributed by atoms with Gasteiger partial charge in [-0.3, -0.25) is 0 Å². The Morgan fingerprint density at radius 1 is 1.12 bits per heavy atom. The Balaban J connectivity index is 1.97. The average molecular weight is 363 g/mol. The number of ether oxygens (including phenoxy) is 2. The molecule has 0 aliphatic heterocycles. The Morgan fingerprint density at radius 3 is 2.56 bits per heavy atom. The van der Waals surface area contributed by atoms with E-state index >= 15 is 0 Å². The molecule has 0 aromatic heterocycles. The molecular weight excluding hydrogens is 338 g/mol. The van der Waals surface area contributed by atoms with Crippen LogP contribution in [0, 0.1) is 6.92 Å². The van der Waals surface area contributed by atoms with E-state index in [4.69, 9.17) is 9.47 Å². The Kier molecular flexibility index (Phi) is 6.45. The fraction of sp³-hybridized carbons (Fsp3) is 0.368. The van der Waals surface area contributed by atoms with E-state index in [1.54, 1.807) is 12.1 Å². The van der Waals surface area contributed by atoms with Gasteiger partial charge >= 0.3 is 0 Å². The quantitative estimate of drug-likeness (QED) is 0.729. The van der Waals surface area contributed by atoms with Crippen molar-refractivity contribution in [1.29, 1.82) is 0 Å². The molecule has 0 aliphatic rings. The second kappa shape index (κ2) is 8.36. The summed E-state index contributed by atoms with van der Waals surface area (Å²) in [5.74, 6) is 1.47. The number of nitrogens with one attached hydrogen (secondary N) is 1. The Hall–Kier alpha value is -2.05. The van der Waals surface area contributed by atoms with Gasteiger partial charge in [0, 0.05) is 6.54 Å². The molecule has 0 saturated carbocycles. The molecule has 6 heteroatoms. The van der Waals surface area contributed by atoms with E-state index in [9.17, 15) is 8.42 Å². The fourth-order valence-electron chi connectivity index (χ4n) is 2.38. The molecule has 136 valence electrons. The molecule has 0 bridgehead atoms. The summed E-state index contributed by atoms with van der Waals surface area (Å²) in [6, 6.07) is 12.9. The summed E-state index contributed by atoms with van der Waals surface area (Å²) in [6.07, 6.45) is 0. The van der Waals surface area contributed by atoms with Crippen molar-refractivity contribution < 1.29 is 17.9 Å². The summed E-state index contributed by atoms with van der Waals surface area (Å²) < 4.78 is 38.3. The molecule has 0 amide bonds.